The number of unbranched alkanes of at least 4 members (excludes halogenated alkanes) is 8. The standard InChI is InChI=1S/C30H39O5/c1-3-5-7-9-10-12-24-34-30(32)26-16-13-25(14-17-26)15-22-29(31)35-28-20-18-27(19-21-28)33-23-11-8-6-4-2/h13-22H,1,3-12,23-24H2,2H3/b22-15+. The van der Waals surface area contributed by atoms with Crippen LogP contribution in [0.15, 0.2) is 54.6 Å². The second-order valence-corrected chi connectivity index (χ2v) is 8.51. The fourth-order valence-electron chi connectivity index (χ4n) is 3.42. The summed E-state index contributed by atoms with van der Waals surface area (Å²) in [6.45, 7) is 7.14. The number of carbonyl (C=O) groups is 2. The molecule has 0 saturated carbocycles. The van der Waals surface area contributed by atoms with Gasteiger partial charge in [0, 0.05) is 6.08 Å². The van der Waals surface area contributed by atoms with Gasteiger partial charge in [-0.05, 0) is 60.9 Å². The van der Waals surface area contributed by atoms with E-state index in [2.05, 4.69) is 13.8 Å². The number of benzene rings is 2. The molecule has 1 radical (unpaired) electrons. The van der Waals surface area contributed by atoms with E-state index in [1.807, 2.05) is 0 Å². The second-order valence-electron chi connectivity index (χ2n) is 8.51. The van der Waals surface area contributed by atoms with Crippen LogP contribution >= 0.6 is 0 Å². The summed E-state index contributed by atoms with van der Waals surface area (Å²) in [6, 6.07) is 14.0. The molecule has 0 aromatic heterocycles. The van der Waals surface area contributed by atoms with Crippen molar-refractivity contribution in [3.63, 3.8) is 0 Å². The molecule has 2 aromatic rings. The van der Waals surface area contributed by atoms with Crippen molar-refractivity contribution in [2.24, 2.45) is 0 Å². The lowest BCUT2D eigenvalue weighted by Gasteiger charge is -2.07. The van der Waals surface area contributed by atoms with Gasteiger partial charge in [0.15, 0.2) is 0 Å². The summed E-state index contributed by atoms with van der Waals surface area (Å²) in [5, 5.41) is 0. The van der Waals surface area contributed by atoms with Crippen LogP contribution in [-0.2, 0) is 9.53 Å². The summed E-state index contributed by atoms with van der Waals surface area (Å²) < 4.78 is 16.4. The van der Waals surface area contributed by atoms with Gasteiger partial charge >= 0.3 is 11.9 Å². The lowest BCUT2D eigenvalue weighted by atomic mass is 10.1. The van der Waals surface area contributed by atoms with Crippen LogP contribution < -0.4 is 9.47 Å². The molecule has 2 rings (SSSR count). The Morgan fingerprint density at radius 3 is 2.11 bits per heavy atom. The van der Waals surface area contributed by atoms with E-state index >= 15 is 0 Å². The molecular weight excluding hydrogens is 440 g/mol. The highest BCUT2D eigenvalue weighted by Gasteiger charge is 2.07. The molecule has 0 heterocycles. The maximum atomic E-state index is 12.2. The third kappa shape index (κ3) is 12.3. The first-order chi connectivity index (χ1) is 17.1. The molecular formula is C30H39O5. The highest BCUT2D eigenvalue weighted by atomic mass is 16.5. The van der Waals surface area contributed by atoms with Gasteiger partial charge in [-0.2, -0.15) is 0 Å². The Morgan fingerprint density at radius 1 is 0.771 bits per heavy atom. The molecule has 0 amide bonds. The molecule has 0 bridgehead atoms. The van der Waals surface area contributed by atoms with E-state index in [0.717, 1.165) is 49.8 Å². The highest BCUT2D eigenvalue weighted by Crippen LogP contribution is 2.18. The van der Waals surface area contributed by atoms with Gasteiger partial charge in [-0.1, -0.05) is 77.3 Å². The van der Waals surface area contributed by atoms with E-state index < -0.39 is 5.97 Å². The van der Waals surface area contributed by atoms with Crippen molar-refractivity contribution in [2.45, 2.75) is 71.1 Å². The predicted octanol–water partition coefficient (Wildman–Crippen LogP) is 7.60. The summed E-state index contributed by atoms with van der Waals surface area (Å²) in [5.74, 6) is 0.418. The van der Waals surface area contributed by atoms with Crippen LogP contribution in [0.5, 0.6) is 11.5 Å². The lowest BCUT2D eigenvalue weighted by molar-refractivity contribution is -0.128. The molecule has 0 unspecified atom stereocenters. The zero-order valence-corrected chi connectivity index (χ0v) is 21.0. The fourth-order valence-corrected chi connectivity index (χ4v) is 3.42. The van der Waals surface area contributed by atoms with E-state index in [9.17, 15) is 9.59 Å². The van der Waals surface area contributed by atoms with Crippen molar-refractivity contribution in [3.8, 4) is 11.5 Å². The Kier molecular flexibility index (Phi) is 14.0. The van der Waals surface area contributed by atoms with Gasteiger partial charge < -0.3 is 14.2 Å². The van der Waals surface area contributed by atoms with Crippen molar-refractivity contribution in [1.29, 1.82) is 0 Å². The molecule has 0 N–H and O–H groups in total. The van der Waals surface area contributed by atoms with Gasteiger partial charge in [0.25, 0.3) is 0 Å². The van der Waals surface area contributed by atoms with Crippen molar-refractivity contribution in [2.75, 3.05) is 13.2 Å². The number of ether oxygens (including phenoxy) is 3. The molecule has 0 aliphatic rings. The zero-order chi connectivity index (χ0) is 25.1. The van der Waals surface area contributed by atoms with Crippen LogP contribution in [0.4, 0.5) is 0 Å². The number of carbonyl (C=O) groups excluding carboxylic acids is 2. The molecule has 0 aliphatic heterocycles. The number of esters is 2. The van der Waals surface area contributed by atoms with Gasteiger partial charge in [-0.25, -0.2) is 9.59 Å². The van der Waals surface area contributed by atoms with Crippen LogP contribution in [0.25, 0.3) is 6.08 Å². The maximum Gasteiger partial charge on any atom is 0.338 e. The monoisotopic (exact) mass is 479 g/mol. The van der Waals surface area contributed by atoms with Gasteiger partial charge in [-0.3, -0.25) is 0 Å². The molecule has 5 nitrogen and oxygen atoms in total. The molecule has 0 atom stereocenters. The summed E-state index contributed by atoms with van der Waals surface area (Å²) in [4.78, 5) is 24.3. The van der Waals surface area contributed by atoms with Gasteiger partial charge in [0.2, 0.25) is 0 Å². The normalized spacial score (nSPS) is 10.9. The summed E-state index contributed by atoms with van der Waals surface area (Å²) in [6.07, 6.45) is 14.0. The second kappa shape index (κ2) is 17.4. The average molecular weight is 480 g/mol. The molecule has 0 spiro atoms. The van der Waals surface area contributed by atoms with Gasteiger partial charge in [0.1, 0.15) is 11.5 Å². The van der Waals surface area contributed by atoms with Gasteiger partial charge in [-0.15, -0.1) is 0 Å². The smallest absolute Gasteiger partial charge is 0.338 e. The Hall–Kier alpha value is -3.08. The third-order valence-corrected chi connectivity index (χ3v) is 5.49. The Bertz CT molecular complexity index is 884. The third-order valence-electron chi connectivity index (χ3n) is 5.49. The summed E-state index contributed by atoms with van der Waals surface area (Å²) in [7, 11) is 0. The van der Waals surface area contributed by atoms with E-state index in [4.69, 9.17) is 14.2 Å². The van der Waals surface area contributed by atoms with E-state index in [0.29, 0.717) is 24.5 Å². The first kappa shape index (κ1) is 28.2. The first-order valence-corrected chi connectivity index (χ1v) is 12.8. The molecule has 5 heteroatoms. The average Bonchev–Trinajstić information content (AvgIpc) is 2.88. The number of rotatable bonds is 17. The minimum absolute atomic E-state index is 0.328. The molecule has 0 saturated heterocycles. The Balaban J connectivity index is 1.70. The van der Waals surface area contributed by atoms with Crippen LogP contribution in [-0.4, -0.2) is 25.2 Å². The first-order valence-electron chi connectivity index (χ1n) is 12.8. The highest BCUT2D eigenvalue weighted by molar-refractivity contribution is 5.91. The topological polar surface area (TPSA) is 61.8 Å². The summed E-state index contributed by atoms with van der Waals surface area (Å²) in [5.41, 5.74) is 1.28. The van der Waals surface area contributed by atoms with Crippen molar-refractivity contribution >= 4 is 18.0 Å². The van der Waals surface area contributed by atoms with Crippen LogP contribution in [0.3, 0.4) is 0 Å². The van der Waals surface area contributed by atoms with E-state index in [-0.39, 0.29) is 5.97 Å². The van der Waals surface area contributed by atoms with Crippen molar-refractivity contribution in [3.05, 3.63) is 72.7 Å². The van der Waals surface area contributed by atoms with Crippen molar-refractivity contribution < 1.29 is 23.8 Å². The maximum absolute atomic E-state index is 12.2. The number of hydrogen-bond donors (Lipinski definition) is 0. The molecule has 35 heavy (non-hydrogen) atoms. The van der Waals surface area contributed by atoms with Crippen molar-refractivity contribution in [1.82, 2.24) is 0 Å². The predicted molar refractivity (Wildman–Crippen MR) is 141 cm³/mol. The van der Waals surface area contributed by atoms with E-state index in [1.54, 1.807) is 54.6 Å². The fraction of sp³-hybridized carbons (Fsp3) is 0.433. The molecule has 0 aliphatic carbocycles. The van der Waals surface area contributed by atoms with Crippen LogP contribution in [0, 0.1) is 6.92 Å². The summed E-state index contributed by atoms with van der Waals surface area (Å²) >= 11 is 0. The molecule has 189 valence electrons. The number of hydrogen-bond acceptors (Lipinski definition) is 5. The van der Waals surface area contributed by atoms with Crippen LogP contribution in [0.1, 0.15) is 87.1 Å². The Morgan fingerprint density at radius 2 is 1.40 bits per heavy atom. The van der Waals surface area contributed by atoms with Gasteiger partial charge in [0.05, 0.1) is 18.8 Å². The minimum atomic E-state index is -0.475. The Labute approximate surface area is 210 Å². The lowest BCUT2D eigenvalue weighted by Crippen LogP contribution is -2.06. The van der Waals surface area contributed by atoms with Crippen LogP contribution in [0.2, 0.25) is 0 Å². The molecule has 0 fully saturated rings. The quantitative estimate of drug-likeness (QED) is 0.101. The molecule has 2 aromatic carbocycles. The minimum Gasteiger partial charge on any atom is -0.494 e. The largest absolute Gasteiger partial charge is 0.494 e. The van der Waals surface area contributed by atoms with E-state index in [1.165, 1.54) is 31.8 Å². The SMILES string of the molecule is [CH2]CCCCCCCOC(=O)c1ccc(/C=C/C(=O)Oc2ccc(OCCCCCC)cc2)cc1. The zero-order valence-electron chi connectivity index (χ0n) is 21.0.